The van der Waals surface area contributed by atoms with Crippen molar-refractivity contribution >= 4 is 17.8 Å². The standard InChI is InChI=1S/C23H25N3O3/c1-23(2,3)19-14-18(26-12-11-20(27)25-22(26)28)13-16(21(19)29-4)8-5-15-6-9-17(24)10-7-15/h5-14H,24H2,1-4H3,(H,25,27,28)/b8-5+. The highest BCUT2D eigenvalue weighted by atomic mass is 16.5. The minimum Gasteiger partial charge on any atom is -0.496 e. The summed E-state index contributed by atoms with van der Waals surface area (Å²) in [7, 11) is 1.64. The van der Waals surface area contributed by atoms with E-state index in [0.29, 0.717) is 11.4 Å². The Morgan fingerprint density at radius 2 is 1.72 bits per heavy atom. The molecule has 0 aliphatic rings. The van der Waals surface area contributed by atoms with Gasteiger partial charge in [-0.2, -0.15) is 0 Å². The highest BCUT2D eigenvalue weighted by Gasteiger charge is 2.22. The first kappa shape index (κ1) is 20.2. The molecule has 2 aromatic carbocycles. The van der Waals surface area contributed by atoms with E-state index in [9.17, 15) is 9.59 Å². The molecule has 6 nitrogen and oxygen atoms in total. The lowest BCUT2D eigenvalue weighted by Crippen LogP contribution is -2.28. The monoisotopic (exact) mass is 391 g/mol. The Balaban J connectivity index is 2.21. The maximum absolute atomic E-state index is 12.3. The quantitative estimate of drug-likeness (QED) is 0.525. The van der Waals surface area contributed by atoms with Gasteiger partial charge in [-0.25, -0.2) is 4.79 Å². The van der Waals surface area contributed by atoms with Crippen molar-refractivity contribution in [2.45, 2.75) is 26.2 Å². The van der Waals surface area contributed by atoms with Crippen LogP contribution in [0.2, 0.25) is 0 Å². The molecule has 6 heteroatoms. The largest absolute Gasteiger partial charge is 0.496 e. The molecule has 0 amide bonds. The van der Waals surface area contributed by atoms with Gasteiger partial charge in [0.2, 0.25) is 0 Å². The first-order chi connectivity index (χ1) is 13.7. The molecule has 1 aromatic heterocycles. The van der Waals surface area contributed by atoms with Crippen molar-refractivity contribution in [3.8, 4) is 11.4 Å². The van der Waals surface area contributed by atoms with Crippen LogP contribution in [0.3, 0.4) is 0 Å². The van der Waals surface area contributed by atoms with E-state index in [0.717, 1.165) is 22.4 Å². The van der Waals surface area contributed by atoms with E-state index in [4.69, 9.17) is 10.5 Å². The predicted octanol–water partition coefficient (Wildman–Crippen LogP) is 3.58. The molecule has 3 rings (SSSR count). The molecule has 3 aromatic rings. The lowest BCUT2D eigenvalue weighted by molar-refractivity contribution is 0.396. The van der Waals surface area contributed by atoms with Crippen LogP contribution in [0, 0.1) is 0 Å². The first-order valence-electron chi connectivity index (χ1n) is 9.27. The predicted molar refractivity (Wildman–Crippen MR) is 118 cm³/mol. The number of nitrogens with one attached hydrogen (secondary N) is 1. The van der Waals surface area contributed by atoms with Crippen molar-refractivity contribution in [3.63, 3.8) is 0 Å². The maximum Gasteiger partial charge on any atom is 0.332 e. The van der Waals surface area contributed by atoms with Gasteiger partial charge in [0, 0.05) is 29.1 Å². The Kier molecular flexibility index (Phi) is 5.46. The SMILES string of the molecule is COc1c(/C=C/c2ccc(N)cc2)cc(-n2ccc(=O)[nH]c2=O)cc1C(C)(C)C. The van der Waals surface area contributed by atoms with Crippen LogP contribution in [-0.4, -0.2) is 16.7 Å². The van der Waals surface area contributed by atoms with Crippen molar-refractivity contribution in [2.24, 2.45) is 0 Å². The first-order valence-corrected chi connectivity index (χ1v) is 9.27. The second-order valence-corrected chi connectivity index (χ2v) is 7.85. The number of nitrogens with zero attached hydrogens (tertiary/aromatic N) is 1. The van der Waals surface area contributed by atoms with Crippen LogP contribution in [0.25, 0.3) is 17.8 Å². The molecular weight excluding hydrogens is 366 g/mol. The van der Waals surface area contributed by atoms with Gasteiger partial charge in [0.05, 0.1) is 12.8 Å². The molecule has 0 saturated heterocycles. The zero-order valence-electron chi connectivity index (χ0n) is 17.0. The van der Waals surface area contributed by atoms with E-state index in [2.05, 4.69) is 25.8 Å². The van der Waals surface area contributed by atoms with Crippen LogP contribution < -0.4 is 21.7 Å². The fraction of sp³-hybridized carbons (Fsp3) is 0.217. The summed E-state index contributed by atoms with van der Waals surface area (Å²) < 4.78 is 7.15. The molecule has 0 unspecified atom stereocenters. The Morgan fingerprint density at radius 3 is 2.31 bits per heavy atom. The van der Waals surface area contributed by atoms with E-state index in [1.807, 2.05) is 48.6 Å². The summed E-state index contributed by atoms with van der Waals surface area (Å²) in [6.45, 7) is 6.24. The molecule has 150 valence electrons. The van der Waals surface area contributed by atoms with Gasteiger partial charge in [-0.1, -0.05) is 45.1 Å². The minimum absolute atomic E-state index is 0.225. The van der Waals surface area contributed by atoms with Gasteiger partial charge in [0.1, 0.15) is 5.75 Å². The van der Waals surface area contributed by atoms with Crippen molar-refractivity contribution < 1.29 is 4.74 Å². The van der Waals surface area contributed by atoms with Crippen LogP contribution in [0.4, 0.5) is 5.69 Å². The third kappa shape index (κ3) is 4.48. The summed E-state index contributed by atoms with van der Waals surface area (Å²) in [5.74, 6) is 0.741. The molecule has 0 spiro atoms. The van der Waals surface area contributed by atoms with Gasteiger partial charge in [0.25, 0.3) is 5.56 Å². The average molecular weight is 391 g/mol. The van der Waals surface area contributed by atoms with Crippen LogP contribution in [-0.2, 0) is 5.41 Å². The van der Waals surface area contributed by atoms with Gasteiger partial charge in [-0.15, -0.1) is 0 Å². The van der Waals surface area contributed by atoms with Gasteiger partial charge in [-0.05, 0) is 35.2 Å². The third-order valence-corrected chi connectivity index (χ3v) is 4.61. The van der Waals surface area contributed by atoms with Gasteiger partial charge in [-0.3, -0.25) is 14.3 Å². The molecule has 0 aliphatic carbocycles. The Morgan fingerprint density at radius 1 is 1.03 bits per heavy atom. The third-order valence-electron chi connectivity index (χ3n) is 4.61. The minimum atomic E-state index is -0.490. The number of nitrogens with two attached hydrogens (primary N) is 1. The number of hydrogen-bond acceptors (Lipinski definition) is 4. The molecule has 1 heterocycles. The molecule has 0 atom stereocenters. The van der Waals surface area contributed by atoms with Crippen LogP contribution in [0.5, 0.6) is 5.75 Å². The summed E-state index contributed by atoms with van der Waals surface area (Å²) >= 11 is 0. The fourth-order valence-electron chi connectivity index (χ4n) is 3.10. The number of H-pyrrole nitrogens is 1. The second-order valence-electron chi connectivity index (χ2n) is 7.85. The van der Waals surface area contributed by atoms with Crippen molar-refractivity contribution in [3.05, 3.63) is 86.2 Å². The molecular formula is C23H25N3O3. The number of nitrogen functional groups attached to an aromatic ring is 1. The number of ether oxygens (including phenoxy) is 1. The topological polar surface area (TPSA) is 90.1 Å². The summed E-state index contributed by atoms with van der Waals surface area (Å²) in [5.41, 5.74) is 8.72. The molecule has 0 bridgehead atoms. The number of hydrogen-bond donors (Lipinski definition) is 2. The number of aromatic nitrogens is 2. The summed E-state index contributed by atoms with van der Waals surface area (Å²) in [6, 6.07) is 12.6. The molecule has 0 fully saturated rings. The zero-order chi connectivity index (χ0) is 21.2. The average Bonchev–Trinajstić information content (AvgIpc) is 2.66. The van der Waals surface area contributed by atoms with Crippen LogP contribution in [0.1, 0.15) is 37.5 Å². The molecule has 3 N–H and O–H groups in total. The lowest BCUT2D eigenvalue weighted by Gasteiger charge is -2.25. The number of rotatable bonds is 4. The number of benzene rings is 2. The van der Waals surface area contributed by atoms with E-state index in [1.54, 1.807) is 7.11 Å². The highest BCUT2D eigenvalue weighted by Crippen LogP contribution is 2.37. The Labute approximate surface area is 169 Å². The fourth-order valence-corrected chi connectivity index (χ4v) is 3.10. The number of anilines is 1. The Bertz CT molecular complexity index is 1160. The maximum atomic E-state index is 12.3. The zero-order valence-corrected chi connectivity index (χ0v) is 17.0. The van der Waals surface area contributed by atoms with Gasteiger partial charge >= 0.3 is 5.69 Å². The van der Waals surface area contributed by atoms with Crippen molar-refractivity contribution in [1.82, 2.24) is 9.55 Å². The van der Waals surface area contributed by atoms with Crippen molar-refractivity contribution in [1.29, 1.82) is 0 Å². The molecule has 0 saturated carbocycles. The van der Waals surface area contributed by atoms with Crippen LogP contribution >= 0.6 is 0 Å². The smallest absolute Gasteiger partial charge is 0.332 e. The molecule has 0 aliphatic heterocycles. The van der Waals surface area contributed by atoms with E-state index in [-0.39, 0.29) is 5.41 Å². The number of methoxy groups -OCH3 is 1. The summed E-state index contributed by atoms with van der Waals surface area (Å²) in [5, 5.41) is 0. The summed E-state index contributed by atoms with van der Waals surface area (Å²) in [6.07, 6.45) is 5.38. The summed E-state index contributed by atoms with van der Waals surface area (Å²) in [4.78, 5) is 26.1. The van der Waals surface area contributed by atoms with Crippen LogP contribution in [0.15, 0.2) is 58.3 Å². The highest BCUT2D eigenvalue weighted by molar-refractivity contribution is 5.75. The second kappa shape index (κ2) is 7.83. The van der Waals surface area contributed by atoms with E-state index in [1.165, 1.54) is 16.8 Å². The number of aromatic amines is 1. The van der Waals surface area contributed by atoms with Gasteiger partial charge < -0.3 is 10.5 Å². The van der Waals surface area contributed by atoms with Gasteiger partial charge in [0.15, 0.2) is 0 Å². The van der Waals surface area contributed by atoms with Crippen molar-refractivity contribution in [2.75, 3.05) is 12.8 Å². The molecule has 0 radical (unpaired) electrons. The molecule has 29 heavy (non-hydrogen) atoms. The van der Waals surface area contributed by atoms with E-state index < -0.39 is 11.2 Å². The lowest BCUT2D eigenvalue weighted by atomic mass is 9.84. The Hall–Kier alpha value is -3.54. The normalized spacial score (nSPS) is 11.7. The van der Waals surface area contributed by atoms with E-state index >= 15 is 0 Å².